The third-order valence-electron chi connectivity index (χ3n) is 2.39. The van der Waals surface area contributed by atoms with Crippen LogP contribution in [0, 0.1) is 17.2 Å². The number of amides is 1. The summed E-state index contributed by atoms with van der Waals surface area (Å²) in [5.41, 5.74) is 5.42. The molecule has 2 N–H and O–H groups in total. The zero-order valence-electron chi connectivity index (χ0n) is 9.86. The van der Waals surface area contributed by atoms with E-state index < -0.39 is 0 Å². The minimum atomic E-state index is -0.0453. The lowest BCUT2D eigenvalue weighted by Crippen LogP contribution is -2.41. The van der Waals surface area contributed by atoms with Crippen LogP contribution in [0.1, 0.15) is 33.6 Å². The average molecular weight is 211 g/mol. The topological polar surface area (TPSA) is 70.1 Å². The van der Waals surface area contributed by atoms with Crippen molar-refractivity contribution in [3.63, 3.8) is 0 Å². The van der Waals surface area contributed by atoms with E-state index in [2.05, 4.69) is 6.07 Å². The van der Waals surface area contributed by atoms with Crippen molar-refractivity contribution in [2.75, 3.05) is 13.1 Å². The highest BCUT2D eigenvalue weighted by Crippen LogP contribution is 2.10. The van der Waals surface area contributed by atoms with Gasteiger partial charge in [0.15, 0.2) is 0 Å². The van der Waals surface area contributed by atoms with Crippen LogP contribution in [0.25, 0.3) is 0 Å². The lowest BCUT2D eigenvalue weighted by molar-refractivity contribution is -0.136. The number of nitriles is 1. The summed E-state index contributed by atoms with van der Waals surface area (Å²) in [4.78, 5) is 13.7. The molecule has 86 valence electrons. The summed E-state index contributed by atoms with van der Waals surface area (Å²) in [6, 6.07) is 2.20. The van der Waals surface area contributed by atoms with Gasteiger partial charge in [-0.25, -0.2) is 0 Å². The largest absolute Gasteiger partial charge is 0.339 e. The molecule has 0 aromatic heterocycles. The maximum atomic E-state index is 11.9. The summed E-state index contributed by atoms with van der Waals surface area (Å²) in [7, 11) is 0. The first-order valence-electron chi connectivity index (χ1n) is 5.42. The van der Waals surface area contributed by atoms with E-state index in [9.17, 15) is 4.79 Å². The Labute approximate surface area is 92.0 Å². The molecule has 0 heterocycles. The molecule has 4 heteroatoms. The zero-order valence-corrected chi connectivity index (χ0v) is 9.86. The van der Waals surface area contributed by atoms with Crippen molar-refractivity contribution in [3.8, 4) is 6.07 Å². The molecule has 0 radical (unpaired) electrons. The summed E-state index contributed by atoms with van der Waals surface area (Å²) < 4.78 is 0. The fourth-order valence-corrected chi connectivity index (χ4v) is 1.45. The molecular formula is C11H21N3O. The molecule has 0 rings (SSSR count). The first-order valence-corrected chi connectivity index (χ1v) is 5.42. The highest BCUT2D eigenvalue weighted by Gasteiger charge is 2.21. The Morgan fingerprint density at radius 2 is 2.07 bits per heavy atom. The van der Waals surface area contributed by atoms with Crippen LogP contribution < -0.4 is 5.73 Å². The highest BCUT2D eigenvalue weighted by atomic mass is 16.2. The number of nitrogens with zero attached hydrogens (tertiary/aromatic N) is 2. The Balaban J connectivity index is 4.35. The second-order valence-corrected chi connectivity index (χ2v) is 4.01. The van der Waals surface area contributed by atoms with Gasteiger partial charge in [0.05, 0.1) is 12.5 Å². The predicted molar refractivity (Wildman–Crippen MR) is 59.9 cm³/mol. The smallest absolute Gasteiger partial charge is 0.225 e. The molecule has 0 aromatic carbocycles. The van der Waals surface area contributed by atoms with E-state index in [0.717, 1.165) is 0 Å². The normalized spacial score (nSPS) is 12.3. The van der Waals surface area contributed by atoms with Gasteiger partial charge in [0.2, 0.25) is 5.91 Å². The van der Waals surface area contributed by atoms with E-state index in [1.54, 1.807) is 4.90 Å². The number of nitrogens with two attached hydrogens (primary N) is 1. The lowest BCUT2D eigenvalue weighted by Gasteiger charge is -2.28. The molecule has 15 heavy (non-hydrogen) atoms. The van der Waals surface area contributed by atoms with Crippen molar-refractivity contribution >= 4 is 5.91 Å². The van der Waals surface area contributed by atoms with Crippen LogP contribution in [0.3, 0.4) is 0 Å². The molecule has 0 spiro atoms. The monoisotopic (exact) mass is 211 g/mol. The van der Waals surface area contributed by atoms with E-state index in [0.29, 0.717) is 25.9 Å². The van der Waals surface area contributed by atoms with E-state index >= 15 is 0 Å². The van der Waals surface area contributed by atoms with Gasteiger partial charge in [-0.3, -0.25) is 4.79 Å². The van der Waals surface area contributed by atoms with Gasteiger partial charge in [0, 0.05) is 18.5 Å². The molecule has 0 aliphatic heterocycles. The second-order valence-electron chi connectivity index (χ2n) is 4.01. The Bertz CT molecular complexity index is 232. The number of carbonyl (C=O) groups excluding carboxylic acids is 1. The van der Waals surface area contributed by atoms with E-state index in [1.807, 2.05) is 20.8 Å². The molecule has 1 unspecified atom stereocenters. The van der Waals surface area contributed by atoms with Crippen molar-refractivity contribution in [2.45, 2.75) is 39.7 Å². The fourth-order valence-electron chi connectivity index (χ4n) is 1.45. The summed E-state index contributed by atoms with van der Waals surface area (Å²) in [5.74, 6) is 0.0572. The minimum absolute atomic E-state index is 0.0453. The van der Waals surface area contributed by atoms with Crippen LogP contribution in [0.4, 0.5) is 0 Å². The molecule has 0 aromatic rings. The van der Waals surface area contributed by atoms with E-state index in [1.165, 1.54) is 0 Å². The summed E-state index contributed by atoms with van der Waals surface area (Å²) in [6.07, 6.45) is 1.09. The molecule has 0 fully saturated rings. The van der Waals surface area contributed by atoms with Gasteiger partial charge < -0.3 is 10.6 Å². The second kappa shape index (κ2) is 7.24. The van der Waals surface area contributed by atoms with Crippen molar-refractivity contribution in [1.29, 1.82) is 5.26 Å². The molecule has 0 bridgehead atoms. The standard InChI is InChI=1S/C11H21N3O/c1-9(2)14(8-4-6-12)11(15)10(3)5-7-13/h9-10H,4-5,7-8,13H2,1-3H3. The summed E-state index contributed by atoms with van der Waals surface area (Å²) >= 11 is 0. The molecule has 0 aliphatic rings. The van der Waals surface area contributed by atoms with Gasteiger partial charge in [0.1, 0.15) is 0 Å². The molecule has 4 nitrogen and oxygen atoms in total. The van der Waals surface area contributed by atoms with Crippen molar-refractivity contribution in [1.82, 2.24) is 4.90 Å². The molecule has 1 atom stereocenters. The number of hydrogen-bond donors (Lipinski definition) is 1. The Hall–Kier alpha value is -1.08. The van der Waals surface area contributed by atoms with Crippen molar-refractivity contribution < 1.29 is 4.79 Å². The lowest BCUT2D eigenvalue weighted by atomic mass is 10.1. The number of hydrogen-bond acceptors (Lipinski definition) is 3. The predicted octanol–water partition coefficient (Wildman–Crippen LogP) is 1.12. The number of rotatable bonds is 6. The molecule has 0 saturated carbocycles. The van der Waals surface area contributed by atoms with Crippen molar-refractivity contribution in [3.05, 3.63) is 0 Å². The average Bonchev–Trinajstić information content (AvgIpc) is 2.18. The van der Waals surface area contributed by atoms with Crippen LogP contribution >= 0.6 is 0 Å². The molecule has 0 saturated heterocycles. The third-order valence-corrected chi connectivity index (χ3v) is 2.39. The van der Waals surface area contributed by atoms with Gasteiger partial charge >= 0.3 is 0 Å². The maximum Gasteiger partial charge on any atom is 0.225 e. The van der Waals surface area contributed by atoms with Crippen LogP contribution in [-0.4, -0.2) is 29.9 Å². The SMILES string of the molecule is CC(CCN)C(=O)N(CCC#N)C(C)C. The van der Waals surface area contributed by atoms with Crippen LogP contribution in [-0.2, 0) is 4.79 Å². The van der Waals surface area contributed by atoms with Crippen LogP contribution in [0.2, 0.25) is 0 Å². The van der Waals surface area contributed by atoms with Gasteiger partial charge in [0.25, 0.3) is 0 Å². The molecule has 0 aliphatic carbocycles. The first-order chi connectivity index (χ1) is 7.04. The van der Waals surface area contributed by atoms with Gasteiger partial charge in [-0.05, 0) is 26.8 Å². The van der Waals surface area contributed by atoms with Gasteiger partial charge in [-0.2, -0.15) is 5.26 Å². The summed E-state index contributed by atoms with van der Waals surface area (Å²) in [6.45, 7) is 6.85. The number of carbonyl (C=O) groups is 1. The minimum Gasteiger partial charge on any atom is -0.339 e. The fraction of sp³-hybridized carbons (Fsp3) is 0.818. The quantitative estimate of drug-likeness (QED) is 0.715. The van der Waals surface area contributed by atoms with E-state index in [-0.39, 0.29) is 17.9 Å². The Morgan fingerprint density at radius 3 is 2.47 bits per heavy atom. The zero-order chi connectivity index (χ0) is 11.8. The first kappa shape index (κ1) is 13.9. The molecular weight excluding hydrogens is 190 g/mol. The molecule has 1 amide bonds. The van der Waals surface area contributed by atoms with Crippen LogP contribution in [0.5, 0.6) is 0 Å². The van der Waals surface area contributed by atoms with E-state index in [4.69, 9.17) is 11.0 Å². The third kappa shape index (κ3) is 4.80. The van der Waals surface area contributed by atoms with Crippen LogP contribution in [0.15, 0.2) is 0 Å². The Morgan fingerprint density at radius 1 is 1.47 bits per heavy atom. The van der Waals surface area contributed by atoms with Gasteiger partial charge in [-0.1, -0.05) is 6.92 Å². The maximum absolute atomic E-state index is 11.9. The summed E-state index contributed by atoms with van der Waals surface area (Å²) in [5, 5.41) is 8.51. The Kier molecular flexibility index (Phi) is 6.72. The van der Waals surface area contributed by atoms with Crippen molar-refractivity contribution in [2.24, 2.45) is 11.7 Å². The highest BCUT2D eigenvalue weighted by molar-refractivity contribution is 5.78. The van der Waals surface area contributed by atoms with Gasteiger partial charge in [-0.15, -0.1) is 0 Å².